The van der Waals surface area contributed by atoms with E-state index in [1.54, 1.807) is 0 Å². The lowest BCUT2D eigenvalue weighted by Crippen LogP contribution is -2.23. The van der Waals surface area contributed by atoms with Crippen molar-refractivity contribution in [2.24, 2.45) is 0 Å². The van der Waals surface area contributed by atoms with Gasteiger partial charge >= 0.3 is 0 Å². The van der Waals surface area contributed by atoms with Crippen molar-refractivity contribution in [2.45, 2.75) is 45.4 Å². The lowest BCUT2D eigenvalue weighted by Gasteiger charge is -2.32. The molecule has 1 nitrogen and oxygen atoms in total. The first-order chi connectivity index (χ1) is 10.3. The molecular formula is C21H24O. The van der Waals surface area contributed by atoms with Crippen molar-refractivity contribution in [1.82, 2.24) is 0 Å². The molecule has 2 aromatic rings. The zero-order valence-electron chi connectivity index (χ0n) is 14.1. The van der Waals surface area contributed by atoms with E-state index >= 15 is 0 Å². The van der Waals surface area contributed by atoms with Gasteiger partial charge in [0.05, 0.1) is 0 Å². The Bertz CT molecular complexity index is 715. The highest BCUT2D eigenvalue weighted by Gasteiger charge is 2.30. The predicted octanol–water partition coefficient (Wildman–Crippen LogP) is 5.70. The summed E-state index contributed by atoms with van der Waals surface area (Å²) in [7, 11) is 0. The molecule has 1 heteroatoms. The summed E-state index contributed by atoms with van der Waals surface area (Å²) in [6, 6.07) is 16.9. The predicted molar refractivity (Wildman–Crippen MR) is 93.2 cm³/mol. The van der Waals surface area contributed by atoms with Crippen LogP contribution in [-0.2, 0) is 10.8 Å². The second-order valence-corrected chi connectivity index (χ2v) is 7.66. The van der Waals surface area contributed by atoms with Crippen LogP contribution < -0.4 is 4.74 Å². The number of allylic oxidation sites excluding steroid dienone is 1. The normalized spacial score (nSPS) is 16.5. The first-order valence-electron chi connectivity index (χ1n) is 7.88. The molecule has 0 fully saturated rings. The Hall–Kier alpha value is -2.02. The van der Waals surface area contributed by atoms with E-state index in [0.29, 0.717) is 0 Å². The van der Waals surface area contributed by atoms with Crippen molar-refractivity contribution in [1.29, 1.82) is 0 Å². The number of benzene rings is 2. The Balaban J connectivity index is 2.07. The Morgan fingerprint density at radius 2 is 1.59 bits per heavy atom. The molecule has 0 saturated carbocycles. The van der Waals surface area contributed by atoms with E-state index in [1.165, 1.54) is 11.1 Å². The van der Waals surface area contributed by atoms with Crippen molar-refractivity contribution >= 4 is 5.76 Å². The third kappa shape index (κ3) is 2.68. The average molecular weight is 292 g/mol. The monoisotopic (exact) mass is 292 g/mol. The second-order valence-electron chi connectivity index (χ2n) is 7.66. The molecule has 0 aromatic heterocycles. The smallest absolute Gasteiger partial charge is 0.131 e. The number of ether oxygens (including phenoxy) is 1. The minimum Gasteiger partial charge on any atom is -0.457 e. The van der Waals surface area contributed by atoms with Crippen molar-refractivity contribution < 1.29 is 4.74 Å². The van der Waals surface area contributed by atoms with Gasteiger partial charge < -0.3 is 4.74 Å². The van der Waals surface area contributed by atoms with E-state index in [2.05, 4.69) is 71.0 Å². The van der Waals surface area contributed by atoms with Crippen LogP contribution in [0.5, 0.6) is 5.75 Å². The molecule has 1 aliphatic rings. The van der Waals surface area contributed by atoms with E-state index in [0.717, 1.165) is 17.1 Å². The first-order valence-corrected chi connectivity index (χ1v) is 7.88. The van der Waals surface area contributed by atoms with Gasteiger partial charge in [0.2, 0.25) is 0 Å². The second kappa shape index (κ2) is 5.01. The molecule has 22 heavy (non-hydrogen) atoms. The fraction of sp³-hybridized carbons (Fsp3) is 0.333. The van der Waals surface area contributed by atoms with Crippen LogP contribution >= 0.6 is 0 Å². The summed E-state index contributed by atoms with van der Waals surface area (Å²) in [6.07, 6.45) is 2.23. The summed E-state index contributed by atoms with van der Waals surface area (Å²) in [5.74, 6) is 1.92. The minimum atomic E-state index is -0.0416. The van der Waals surface area contributed by atoms with Gasteiger partial charge in [0.1, 0.15) is 11.5 Å². The van der Waals surface area contributed by atoms with Gasteiger partial charge in [-0.2, -0.15) is 0 Å². The van der Waals surface area contributed by atoms with Gasteiger partial charge in [0, 0.05) is 16.5 Å². The molecule has 0 spiro atoms. The summed E-state index contributed by atoms with van der Waals surface area (Å²) >= 11 is 0. The van der Waals surface area contributed by atoms with E-state index < -0.39 is 0 Å². The Labute approximate surface area is 133 Å². The molecule has 0 amide bonds. The molecule has 0 atom stereocenters. The summed E-state index contributed by atoms with van der Waals surface area (Å²) in [5, 5.41) is 0. The third-order valence-electron chi connectivity index (χ3n) is 4.31. The molecule has 0 N–H and O–H groups in total. The molecule has 114 valence electrons. The van der Waals surface area contributed by atoms with Crippen molar-refractivity contribution in [3.05, 3.63) is 71.3 Å². The summed E-state index contributed by atoms with van der Waals surface area (Å²) in [5.41, 5.74) is 3.84. The van der Waals surface area contributed by atoms with E-state index in [1.807, 2.05) is 18.2 Å². The van der Waals surface area contributed by atoms with Crippen LogP contribution in [0.25, 0.3) is 5.76 Å². The molecule has 2 aromatic carbocycles. The van der Waals surface area contributed by atoms with Gasteiger partial charge in [0.25, 0.3) is 0 Å². The van der Waals surface area contributed by atoms with Crippen molar-refractivity contribution in [3.63, 3.8) is 0 Å². The van der Waals surface area contributed by atoms with Crippen LogP contribution in [-0.4, -0.2) is 0 Å². The molecule has 0 aliphatic carbocycles. The zero-order valence-corrected chi connectivity index (χ0v) is 14.1. The number of fused-ring (bicyclic) bond motifs is 1. The van der Waals surface area contributed by atoms with Crippen LogP contribution in [0.1, 0.15) is 51.3 Å². The van der Waals surface area contributed by atoms with Gasteiger partial charge in [-0.05, 0) is 23.1 Å². The molecule has 3 rings (SSSR count). The SMILES string of the molecule is CC(C)(C)c1ccc2c(c1)C(C)(C)C=C(c1ccccc1)O2. The largest absolute Gasteiger partial charge is 0.457 e. The van der Waals surface area contributed by atoms with Crippen LogP contribution in [0.2, 0.25) is 0 Å². The maximum Gasteiger partial charge on any atom is 0.131 e. The molecule has 0 saturated heterocycles. The first kappa shape index (κ1) is 14.9. The van der Waals surface area contributed by atoms with Gasteiger partial charge in [-0.15, -0.1) is 0 Å². The van der Waals surface area contributed by atoms with Gasteiger partial charge in [-0.1, -0.05) is 77.1 Å². The molecular weight excluding hydrogens is 268 g/mol. The number of rotatable bonds is 1. The molecule has 0 bridgehead atoms. The molecule has 1 aliphatic heterocycles. The zero-order chi connectivity index (χ0) is 16.0. The number of hydrogen-bond acceptors (Lipinski definition) is 1. The molecule has 0 radical (unpaired) electrons. The van der Waals surface area contributed by atoms with E-state index in [4.69, 9.17) is 4.74 Å². The quantitative estimate of drug-likeness (QED) is 0.655. The lowest BCUT2D eigenvalue weighted by atomic mass is 9.77. The highest BCUT2D eigenvalue weighted by Crippen LogP contribution is 2.42. The maximum atomic E-state index is 6.18. The fourth-order valence-corrected chi connectivity index (χ4v) is 2.89. The van der Waals surface area contributed by atoms with Crippen LogP contribution in [0.15, 0.2) is 54.6 Å². The van der Waals surface area contributed by atoms with Crippen LogP contribution in [0.3, 0.4) is 0 Å². The third-order valence-corrected chi connectivity index (χ3v) is 4.31. The number of hydrogen-bond donors (Lipinski definition) is 0. The topological polar surface area (TPSA) is 9.23 Å². The fourth-order valence-electron chi connectivity index (χ4n) is 2.89. The van der Waals surface area contributed by atoms with Gasteiger partial charge in [-0.3, -0.25) is 0 Å². The van der Waals surface area contributed by atoms with Crippen LogP contribution in [0.4, 0.5) is 0 Å². The highest BCUT2D eigenvalue weighted by atomic mass is 16.5. The van der Waals surface area contributed by atoms with Gasteiger partial charge in [0.15, 0.2) is 0 Å². The van der Waals surface area contributed by atoms with Gasteiger partial charge in [-0.25, -0.2) is 0 Å². The minimum absolute atomic E-state index is 0.0416. The Kier molecular flexibility index (Phi) is 3.40. The standard InChI is InChI=1S/C21H24O/c1-20(2,3)16-11-12-18-17(13-16)21(4,5)14-19(22-18)15-9-7-6-8-10-15/h6-14H,1-5H3. The molecule has 1 heterocycles. The average Bonchev–Trinajstić information content (AvgIpc) is 2.46. The Morgan fingerprint density at radius 3 is 2.23 bits per heavy atom. The summed E-state index contributed by atoms with van der Waals surface area (Å²) < 4.78 is 6.18. The lowest BCUT2D eigenvalue weighted by molar-refractivity contribution is 0.458. The van der Waals surface area contributed by atoms with E-state index in [-0.39, 0.29) is 10.8 Å². The highest BCUT2D eigenvalue weighted by molar-refractivity contribution is 5.68. The van der Waals surface area contributed by atoms with Crippen molar-refractivity contribution in [3.8, 4) is 5.75 Å². The van der Waals surface area contributed by atoms with Crippen molar-refractivity contribution in [2.75, 3.05) is 0 Å². The molecule has 0 unspecified atom stereocenters. The Morgan fingerprint density at radius 1 is 0.909 bits per heavy atom. The summed E-state index contributed by atoms with van der Waals surface area (Å²) in [4.78, 5) is 0. The van der Waals surface area contributed by atoms with Crippen LogP contribution in [0, 0.1) is 0 Å². The maximum absolute atomic E-state index is 6.18. The van der Waals surface area contributed by atoms with E-state index in [9.17, 15) is 0 Å². The summed E-state index contributed by atoms with van der Waals surface area (Å²) in [6.45, 7) is 11.2.